The number of alkyl halides is 3. The Morgan fingerprint density at radius 1 is 1.20 bits per heavy atom. The van der Waals surface area contributed by atoms with Crippen molar-refractivity contribution in [2.45, 2.75) is 26.9 Å². The average Bonchev–Trinajstić information content (AvgIpc) is 2.21. The predicted octanol–water partition coefficient (Wildman–Crippen LogP) is 4.13. The second-order valence-corrected chi connectivity index (χ2v) is 2.46. The fraction of sp³-hybridized carbons (Fsp3) is 0.455. The van der Waals surface area contributed by atoms with Gasteiger partial charge in [-0.1, -0.05) is 19.9 Å². The molecule has 1 aromatic carbocycles. The first-order chi connectivity index (χ1) is 7.04. The Morgan fingerprint density at radius 3 is 2.27 bits per heavy atom. The number of hydrogen-bond donors (Lipinski definition) is 0. The zero-order valence-electron chi connectivity index (χ0n) is 9.06. The zero-order valence-corrected chi connectivity index (χ0v) is 9.06. The Bertz CT molecular complexity index is 281. The van der Waals surface area contributed by atoms with E-state index in [0.717, 1.165) is 12.1 Å². The summed E-state index contributed by atoms with van der Waals surface area (Å²) in [4.78, 5) is 0. The van der Waals surface area contributed by atoms with Crippen molar-refractivity contribution in [2.24, 2.45) is 0 Å². The Hall–Kier alpha value is -1.19. The van der Waals surface area contributed by atoms with E-state index in [2.05, 4.69) is 0 Å². The summed E-state index contributed by atoms with van der Waals surface area (Å²) in [7, 11) is 0. The molecule has 0 aliphatic rings. The molecular formula is C11H15F3O. The quantitative estimate of drug-likeness (QED) is 0.728. The van der Waals surface area contributed by atoms with Crippen LogP contribution >= 0.6 is 0 Å². The zero-order chi connectivity index (χ0) is 11.9. The summed E-state index contributed by atoms with van der Waals surface area (Å²) < 4.78 is 41.4. The maximum absolute atomic E-state index is 12.2. The number of halogens is 3. The van der Waals surface area contributed by atoms with Crippen LogP contribution in [0.4, 0.5) is 13.2 Å². The second kappa shape index (κ2) is 6.32. The van der Waals surface area contributed by atoms with Crippen LogP contribution in [0.2, 0.25) is 0 Å². The topological polar surface area (TPSA) is 9.23 Å². The molecule has 0 aliphatic carbocycles. The molecular weight excluding hydrogens is 205 g/mol. The minimum Gasteiger partial charge on any atom is -0.494 e. The van der Waals surface area contributed by atoms with Crippen LogP contribution in [0, 0.1) is 0 Å². The first-order valence-corrected chi connectivity index (χ1v) is 4.84. The third-order valence-corrected chi connectivity index (χ3v) is 1.47. The highest BCUT2D eigenvalue weighted by Crippen LogP contribution is 2.31. The van der Waals surface area contributed by atoms with Gasteiger partial charge in [0, 0.05) is 0 Å². The summed E-state index contributed by atoms with van der Waals surface area (Å²) in [5.41, 5.74) is -0.682. The molecule has 0 fully saturated rings. The Labute approximate surface area is 87.9 Å². The third-order valence-electron chi connectivity index (χ3n) is 1.47. The summed E-state index contributed by atoms with van der Waals surface area (Å²) in [6.45, 7) is 6.08. The highest BCUT2D eigenvalue weighted by atomic mass is 19.4. The summed E-state index contributed by atoms with van der Waals surface area (Å²) in [5, 5.41) is 0. The lowest BCUT2D eigenvalue weighted by atomic mass is 10.2. The van der Waals surface area contributed by atoms with Gasteiger partial charge in [-0.05, 0) is 25.1 Å². The predicted molar refractivity (Wildman–Crippen MR) is 54.0 cm³/mol. The van der Waals surface area contributed by atoms with Crippen molar-refractivity contribution in [3.8, 4) is 5.75 Å². The van der Waals surface area contributed by atoms with Crippen LogP contribution in [0.25, 0.3) is 0 Å². The smallest absolute Gasteiger partial charge is 0.416 e. The average molecular weight is 220 g/mol. The Morgan fingerprint density at radius 2 is 1.80 bits per heavy atom. The van der Waals surface area contributed by atoms with Crippen molar-refractivity contribution in [1.29, 1.82) is 0 Å². The van der Waals surface area contributed by atoms with E-state index in [1.165, 1.54) is 12.1 Å². The fourth-order valence-corrected chi connectivity index (χ4v) is 0.929. The van der Waals surface area contributed by atoms with Crippen LogP contribution in [0.3, 0.4) is 0 Å². The van der Waals surface area contributed by atoms with Crippen molar-refractivity contribution in [3.05, 3.63) is 29.8 Å². The SMILES string of the molecule is CC.CCOc1cccc(C(F)(F)F)c1. The van der Waals surface area contributed by atoms with Gasteiger partial charge in [0.05, 0.1) is 12.2 Å². The Kier molecular flexibility index (Phi) is 5.82. The van der Waals surface area contributed by atoms with Crippen LogP contribution < -0.4 is 4.74 Å². The lowest BCUT2D eigenvalue weighted by Gasteiger charge is -2.08. The van der Waals surface area contributed by atoms with Crippen molar-refractivity contribution in [1.82, 2.24) is 0 Å². The molecule has 0 bridgehead atoms. The van der Waals surface area contributed by atoms with E-state index < -0.39 is 11.7 Å². The molecule has 0 atom stereocenters. The van der Waals surface area contributed by atoms with Gasteiger partial charge in [0.15, 0.2) is 0 Å². The molecule has 1 nitrogen and oxygen atoms in total. The maximum atomic E-state index is 12.2. The molecule has 0 amide bonds. The van der Waals surface area contributed by atoms with Crippen LogP contribution in [-0.2, 0) is 6.18 Å². The van der Waals surface area contributed by atoms with Crippen LogP contribution in [0.15, 0.2) is 24.3 Å². The van der Waals surface area contributed by atoms with Crippen molar-refractivity contribution < 1.29 is 17.9 Å². The maximum Gasteiger partial charge on any atom is 0.416 e. The number of ether oxygens (including phenoxy) is 1. The molecule has 4 heteroatoms. The molecule has 0 spiro atoms. The molecule has 0 unspecified atom stereocenters. The molecule has 0 saturated carbocycles. The highest BCUT2D eigenvalue weighted by molar-refractivity contribution is 5.30. The minimum atomic E-state index is -4.30. The van der Waals surface area contributed by atoms with Gasteiger partial charge in [0.1, 0.15) is 5.75 Å². The van der Waals surface area contributed by atoms with Gasteiger partial charge in [-0.2, -0.15) is 13.2 Å². The van der Waals surface area contributed by atoms with E-state index in [-0.39, 0.29) is 5.75 Å². The number of benzene rings is 1. The molecule has 0 aromatic heterocycles. The first kappa shape index (κ1) is 13.8. The van der Waals surface area contributed by atoms with Gasteiger partial charge in [-0.3, -0.25) is 0 Å². The minimum absolute atomic E-state index is 0.248. The van der Waals surface area contributed by atoms with E-state index in [1.54, 1.807) is 6.92 Å². The number of rotatable bonds is 2. The van der Waals surface area contributed by atoms with Crippen molar-refractivity contribution in [3.63, 3.8) is 0 Å². The van der Waals surface area contributed by atoms with E-state index in [0.29, 0.717) is 6.61 Å². The van der Waals surface area contributed by atoms with E-state index in [4.69, 9.17) is 4.74 Å². The van der Waals surface area contributed by atoms with Crippen LogP contribution in [0.5, 0.6) is 5.75 Å². The summed E-state index contributed by atoms with van der Waals surface area (Å²) in [6, 6.07) is 4.83. The molecule has 0 saturated heterocycles. The van der Waals surface area contributed by atoms with Gasteiger partial charge in [0.25, 0.3) is 0 Å². The van der Waals surface area contributed by atoms with Crippen molar-refractivity contribution in [2.75, 3.05) is 6.61 Å². The van der Waals surface area contributed by atoms with Gasteiger partial charge in [-0.15, -0.1) is 0 Å². The lowest BCUT2D eigenvalue weighted by molar-refractivity contribution is -0.137. The largest absolute Gasteiger partial charge is 0.494 e. The molecule has 86 valence electrons. The molecule has 0 N–H and O–H groups in total. The number of hydrogen-bond acceptors (Lipinski definition) is 1. The standard InChI is InChI=1S/C9H9F3O.C2H6/c1-2-13-8-5-3-4-7(6-8)9(10,11)12;1-2/h3-6H,2H2,1H3;1-2H3. The molecule has 1 aromatic rings. The molecule has 0 radical (unpaired) electrons. The summed E-state index contributed by atoms with van der Waals surface area (Å²) in [5.74, 6) is 0.248. The molecule has 15 heavy (non-hydrogen) atoms. The lowest BCUT2D eigenvalue weighted by Crippen LogP contribution is -2.05. The van der Waals surface area contributed by atoms with E-state index in [1.807, 2.05) is 13.8 Å². The molecule has 1 rings (SSSR count). The second-order valence-electron chi connectivity index (χ2n) is 2.46. The van der Waals surface area contributed by atoms with E-state index >= 15 is 0 Å². The monoisotopic (exact) mass is 220 g/mol. The Balaban J connectivity index is 0.000000921. The summed E-state index contributed by atoms with van der Waals surface area (Å²) in [6.07, 6.45) is -4.30. The third kappa shape index (κ3) is 4.72. The first-order valence-electron chi connectivity index (χ1n) is 4.84. The van der Waals surface area contributed by atoms with Gasteiger partial charge in [-0.25, -0.2) is 0 Å². The van der Waals surface area contributed by atoms with Crippen LogP contribution in [0.1, 0.15) is 26.3 Å². The molecule has 0 heterocycles. The highest BCUT2D eigenvalue weighted by Gasteiger charge is 2.30. The van der Waals surface area contributed by atoms with Crippen molar-refractivity contribution >= 4 is 0 Å². The van der Waals surface area contributed by atoms with Gasteiger partial charge in [0.2, 0.25) is 0 Å². The normalized spacial score (nSPS) is 10.3. The van der Waals surface area contributed by atoms with Gasteiger partial charge >= 0.3 is 6.18 Å². The summed E-state index contributed by atoms with van der Waals surface area (Å²) >= 11 is 0. The fourth-order valence-electron chi connectivity index (χ4n) is 0.929. The van der Waals surface area contributed by atoms with E-state index in [9.17, 15) is 13.2 Å². The molecule has 0 aliphatic heterocycles. The van der Waals surface area contributed by atoms with Crippen LogP contribution in [-0.4, -0.2) is 6.61 Å². The van der Waals surface area contributed by atoms with Gasteiger partial charge < -0.3 is 4.74 Å².